The molecule has 0 saturated heterocycles. The van der Waals surface area contributed by atoms with E-state index in [1.165, 1.54) is 0 Å². The van der Waals surface area contributed by atoms with Gasteiger partial charge in [-0.25, -0.2) is 4.79 Å². The molecule has 0 spiro atoms. The van der Waals surface area contributed by atoms with Gasteiger partial charge in [0.05, 0.1) is 0 Å². The van der Waals surface area contributed by atoms with Gasteiger partial charge in [0.2, 0.25) is 11.8 Å². The van der Waals surface area contributed by atoms with Crippen LogP contribution in [0.4, 0.5) is 4.79 Å². The molecule has 2 unspecified atom stereocenters. The predicted molar refractivity (Wildman–Crippen MR) is 151 cm³/mol. The van der Waals surface area contributed by atoms with Gasteiger partial charge in [-0.3, -0.25) is 9.59 Å². The van der Waals surface area contributed by atoms with E-state index in [1.807, 2.05) is 32.0 Å². The summed E-state index contributed by atoms with van der Waals surface area (Å²) in [6, 6.07) is 10.5. The molecule has 1 aliphatic rings. The maximum atomic E-state index is 14.4. The molecule has 1 aliphatic carbocycles. The van der Waals surface area contributed by atoms with Crippen molar-refractivity contribution < 1.29 is 24.2 Å². The van der Waals surface area contributed by atoms with Crippen LogP contribution in [0.25, 0.3) is 0 Å². The van der Waals surface area contributed by atoms with Crippen LogP contribution >= 0.6 is 0 Å². The van der Waals surface area contributed by atoms with Crippen LogP contribution in [0.2, 0.25) is 0 Å². The SMILES string of the molecule is CCCCNC(=O)C(c1c(C)cccc1C)N(C(=O)C(Cc1ccc(O)cc1)NC(=O)OC(C)(C)C)C1CC1. The van der Waals surface area contributed by atoms with E-state index in [2.05, 4.69) is 17.6 Å². The van der Waals surface area contributed by atoms with Crippen molar-refractivity contribution in [2.24, 2.45) is 0 Å². The number of alkyl carbamates (subject to hydrolysis) is 1. The fourth-order valence-corrected chi connectivity index (χ4v) is 4.71. The van der Waals surface area contributed by atoms with Crippen molar-refractivity contribution in [3.8, 4) is 5.75 Å². The van der Waals surface area contributed by atoms with Gasteiger partial charge < -0.3 is 25.4 Å². The van der Waals surface area contributed by atoms with E-state index in [0.29, 0.717) is 6.54 Å². The lowest BCUT2D eigenvalue weighted by Crippen LogP contribution is -2.54. The van der Waals surface area contributed by atoms with Crippen molar-refractivity contribution in [3.05, 3.63) is 64.7 Å². The second-order valence-electron chi connectivity index (χ2n) is 11.4. The van der Waals surface area contributed by atoms with Crippen molar-refractivity contribution in [3.63, 3.8) is 0 Å². The van der Waals surface area contributed by atoms with Gasteiger partial charge in [0, 0.05) is 19.0 Å². The molecule has 1 saturated carbocycles. The van der Waals surface area contributed by atoms with Crippen LogP contribution in [0.1, 0.15) is 81.7 Å². The summed E-state index contributed by atoms with van der Waals surface area (Å²) in [6.45, 7) is 11.8. The second kappa shape index (κ2) is 13.0. The summed E-state index contributed by atoms with van der Waals surface area (Å²) in [5.74, 6) is -0.448. The number of nitrogens with zero attached hydrogens (tertiary/aromatic N) is 1. The van der Waals surface area contributed by atoms with Crippen molar-refractivity contribution in [1.29, 1.82) is 0 Å². The predicted octanol–water partition coefficient (Wildman–Crippen LogP) is 5.09. The molecular weight excluding hydrogens is 494 g/mol. The Kier molecular flexibility index (Phi) is 10.0. The maximum Gasteiger partial charge on any atom is 0.408 e. The topological polar surface area (TPSA) is 108 Å². The quantitative estimate of drug-likeness (QED) is 0.346. The van der Waals surface area contributed by atoms with E-state index in [-0.39, 0.29) is 30.0 Å². The van der Waals surface area contributed by atoms with Gasteiger partial charge in [-0.05, 0) is 88.3 Å². The number of carbonyl (C=O) groups is 3. The molecule has 8 nitrogen and oxygen atoms in total. The van der Waals surface area contributed by atoms with Gasteiger partial charge in [-0.1, -0.05) is 43.7 Å². The largest absolute Gasteiger partial charge is 0.508 e. The van der Waals surface area contributed by atoms with Crippen LogP contribution in [0.5, 0.6) is 5.75 Å². The number of aromatic hydroxyl groups is 1. The molecule has 1 fully saturated rings. The Balaban J connectivity index is 2.03. The summed E-state index contributed by atoms with van der Waals surface area (Å²) in [5.41, 5.74) is 2.69. The number of aryl methyl sites for hydroxylation is 2. The van der Waals surface area contributed by atoms with E-state index in [1.54, 1.807) is 49.9 Å². The molecule has 39 heavy (non-hydrogen) atoms. The fourth-order valence-electron chi connectivity index (χ4n) is 4.71. The molecule has 0 bridgehead atoms. The fraction of sp³-hybridized carbons (Fsp3) is 0.516. The van der Waals surface area contributed by atoms with Gasteiger partial charge in [-0.15, -0.1) is 0 Å². The molecule has 3 amide bonds. The van der Waals surface area contributed by atoms with Gasteiger partial charge in [-0.2, -0.15) is 0 Å². The summed E-state index contributed by atoms with van der Waals surface area (Å²) in [5, 5.41) is 15.6. The minimum absolute atomic E-state index is 0.110. The van der Waals surface area contributed by atoms with Gasteiger partial charge in [0.15, 0.2) is 0 Å². The first-order valence-electron chi connectivity index (χ1n) is 13.8. The summed E-state index contributed by atoms with van der Waals surface area (Å²) < 4.78 is 5.49. The van der Waals surface area contributed by atoms with E-state index in [0.717, 1.165) is 47.9 Å². The number of phenolic OH excluding ortho intramolecular Hbond substituents is 1. The average Bonchev–Trinajstić information content (AvgIpc) is 3.68. The highest BCUT2D eigenvalue weighted by Crippen LogP contribution is 2.38. The Hall–Kier alpha value is -3.55. The number of hydrogen-bond acceptors (Lipinski definition) is 5. The number of ether oxygens (including phenoxy) is 1. The highest BCUT2D eigenvalue weighted by atomic mass is 16.6. The normalized spacial score (nSPS) is 14.7. The number of rotatable bonds is 11. The smallest absolute Gasteiger partial charge is 0.408 e. The van der Waals surface area contributed by atoms with Gasteiger partial charge >= 0.3 is 6.09 Å². The van der Waals surface area contributed by atoms with E-state index in [9.17, 15) is 19.5 Å². The van der Waals surface area contributed by atoms with Crippen LogP contribution in [0.15, 0.2) is 42.5 Å². The lowest BCUT2D eigenvalue weighted by molar-refractivity contribution is -0.143. The molecule has 0 radical (unpaired) electrons. The summed E-state index contributed by atoms with van der Waals surface area (Å²) >= 11 is 0. The second-order valence-corrected chi connectivity index (χ2v) is 11.4. The highest BCUT2D eigenvalue weighted by molar-refractivity contribution is 5.93. The Morgan fingerprint density at radius 2 is 1.67 bits per heavy atom. The molecule has 0 heterocycles. The van der Waals surface area contributed by atoms with Crippen molar-refractivity contribution >= 4 is 17.9 Å². The molecule has 0 aliphatic heterocycles. The Bertz CT molecular complexity index is 1130. The van der Waals surface area contributed by atoms with Crippen LogP contribution < -0.4 is 10.6 Å². The van der Waals surface area contributed by atoms with E-state index in [4.69, 9.17) is 4.74 Å². The molecule has 8 heteroatoms. The number of nitrogens with one attached hydrogen (secondary N) is 2. The summed E-state index contributed by atoms with van der Waals surface area (Å²) in [7, 11) is 0. The highest BCUT2D eigenvalue weighted by Gasteiger charge is 2.44. The lowest BCUT2D eigenvalue weighted by Gasteiger charge is -2.36. The minimum Gasteiger partial charge on any atom is -0.508 e. The van der Waals surface area contributed by atoms with Crippen molar-refractivity contribution in [2.45, 2.75) is 97.4 Å². The van der Waals surface area contributed by atoms with Crippen molar-refractivity contribution in [2.75, 3.05) is 6.54 Å². The maximum absolute atomic E-state index is 14.4. The first-order valence-corrected chi connectivity index (χ1v) is 13.8. The number of unbranched alkanes of at least 4 members (excludes halogenated alkanes) is 1. The van der Waals surface area contributed by atoms with Crippen LogP contribution in [0, 0.1) is 13.8 Å². The van der Waals surface area contributed by atoms with Crippen LogP contribution in [-0.4, -0.2) is 52.1 Å². The lowest BCUT2D eigenvalue weighted by atomic mass is 9.93. The Morgan fingerprint density at radius 3 is 2.21 bits per heavy atom. The summed E-state index contributed by atoms with van der Waals surface area (Å²) in [4.78, 5) is 42.7. The van der Waals surface area contributed by atoms with E-state index < -0.39 is 23.8 Å². The van der Waals surface area contributed by atoms with Crippen molar-refractivity contribution in [1.82, 2.24) is 15.5 Å². The number of hydrogen-bond donors (Lipinski definition) is 3. The van der Waals surface area contributed by atoms with E-state index >= 15 is 0 Å². The molecule has 2 aromatic carbocycles. The molecule has 2 atom stereocenters. The van der Waals surface area contributed by atoms with Gasteiger partial charge in [0.1, 0.15) is 23.4 Å². The average molecular weight is 538 g/mol. The third kappa shape index (κ3) is 8.47. The Labute approximate surface area is 232 Å². The molecule has 0 aromatic heterocycles. The zero-order valence-electron chi connectivity index (χ0n) is 24.0. The number of benzene rings is 2. The standard InChI is InChI=1S/C31H43N3O5/c1-7-8-18-32-28(36)27(26-20(2)10-9-11-21(26)3)34(23-14-15-23)29(37)25(33-30(38)39-31(4,5)6)19-22-12-16-24(35)17-13-22/h9-13,16-17,23,25,27,35H,7-8,14-15,18-19H2,1-6H3,(H,32,36)(H,33,38). The molecule has 212 valence electrons. The number of carbonyl (C=O) groups excluding carboxylic acids is 3. The number of amides is 3. The molecular formula is C31H43N3O5. The zero-order valence-corrected chi connectivity index (χ0v) is 24.0. The first kappa shape index (κ1) is 30.0. The molecule has 3 rings (SSSR count). The first-order chi connectivity index (χ1) is 18.4. The van der Waals surface area contributed by atoms with Gasteiger partial charge in [0.25, 0.3) is 0 Å². The summed E-state index contributed by atoms with van der Waals surface area (Å²) in [6.07, 6.45) is 2.83. The minimum atomic E-state index is -0.972. The van der Waals surface area contributed by atoms with Crippen LogP contribution in [-0.2, 0) is 20.7 Å². The third-order valence-corrected chi connectivity index (χ3v) is 6.73. The molecule has 2 aromatic rings. The van der Waals surface area contributed by atoms with Crippen LogP contribution in [0.3, 0.4) is 0 Å². The Morgan fingerprint density at radius 1 is 1.05 bits per heavy atom. The zero-order chi connectivity index (χ0) is 28.7. The monoisotopic (exact) mass is 537 g/mol. The third-order valence-electron chi connectivity index (χ3n) is 6.73. The number of phenols is 1. The molecule has 3 N–H and O–H groups in total.